The number of rotatable bonds is 8. The van der Waals surface area contributed by atoms with Crippen molar-refractivity contribution >= 4 is 21.8 Å². The molecule has 0 amide bonds. The van der Waals surface area contributed by atoms with Gasteiger partial charge in [-0.15, -0.1) is 0 Å². The van der Waals surface area contributed by atoms with E-state index in [0.717, 1.165) is 24.2 Å². The molecule has 0 saturated carbocycles. The number of primary sulfonamides is 1. The van der Waals surface area contributed by atoms with Crippen LogP contribution < -0.4 is 15.8 Å². The van der Waals surface area contributed by atoms with Gasteiger partial charge in [0.1, 0.15) is 5.82 Å². The standard InChI is InChI=1S/C16H23N5O2S/c1-3-12(2)20-15-9-11-19-16(21-15)18-10-8-13-4-6-14(7-5-13)24(17,22)23/h4-7,9,11-12H,3,8,10H2,1-2H3,(H2,17,22,23)(H2,18,19,20,21). The maximum Gasteiger partial charge on any atom is 0.238 e. The van der Waals surface area contributed by atoms with Crippen LogP contribution in [0.5, 0.6) is 0 Å². The van der Waals surface area contributed by atoms with Crippen molar-refractivity contribution in [2.45, 2.75) is 37.6 Å². The zero-order valence-electron chi connectivity index (χ0n) is 13.9. The Bertz CT molecular complexity index is 762. The first kappa shape index (κ1) is 18.2. The van der Waals surface area contributed by atoms with E-state index in [1.165, 1.54) is 12.1 Å². The summed E-state index contributed by atoms with van der Waals surface area (Å²) in [6.45, 7) is 4.85. The van der Waals surface area contributed by atoms with E-state index < -0.39 is 10.0 Å². The minimum Gasteiger partial charge on any atom is -0.367 e. The van der Waals surface area contributed by atoms with Crippen molar-refractivity contribution in [2.75, 3.05) is 17.2 Å². The fourth-order valence-corrected chi connectivity index (χ4v) is 2.56. The van der Waals surface area contributed by atoms with Crippen molar-refractivity contribution in [1.29, 1.82) is 0 Å². The minimum atomic E-state index is -3.64. The third kappa shape index (κ3) is 5.47. The first-order chi connectivity index (χ1) is 11.4. The normalized spacial score (nSPS) is 12.6. The lowest BCUT2D eigenvalue weighted by Gasteiger charge is -2.12. The number of benzene rings is 1. The van der Waals surface area contributed by atoms with Gasteiger partial charge in [-0.3, -0.25) is 0 Å². The van der Waals surface area contributed by atoms with Gasteiger partial charge >= 0.3 is 0 Å². The summed E-state index contributed by atoms with van der Waals surface area (Å²) in [4.78, 5) is 8.72. The Labute approximate surface area is 142 Å². The molecule has 1 atom stereocenters. The zero-order valence-corrected chi connectivity index (χ0v) is 14.7. The molecule has 24 heavy (non-hydrogen) atoms. The first-order valence-electron chi connectivity index (χ1n) is 7.83. The molecule has 1 aromatic carbocycles. The highest BCUT2D eigenvalue weighted by Gasteiger charge is 2.07. The van der Waals surface area contributed by atoms with Crippen LogP contribution in [0.2, 0.25) is 0 Å². The highest BCUT2D eigenvalue weighted by Crippen LogP contribution is 2.11. The van der Waals surface area contributed by atoms with Crippen LogP contribution in [-0.2, 0) is 16.4 Å². The molecule has 7 nitrogen and oxygen atoms in total. The van der Waals surface area contributed by atoms with Crippen LogP contribution in [0.15, 0.2) is 41.4 Å². The maximum absolute atomic E-state index is 11.2. The lowest BCUT2D eigenvalue weighted by molar-refractivity contribution is 0.598. The van der Waals surface area contributed by atoms with E-state index in [9.17, 15) is 8.42 Å². The predicted molar refractivity (Wildman–Crippen MR) is 95.4 cm³/mol. The molecule has 0 aliphatic rings. The summed E-state index contributed by atoms with van der Waals surface area (Å²) in [6, 6.07) is 8.72. The smallest absolute Gasteiger partial charge is 0.238 e. The fraction of sp³-hybridized carbons (Fsp3) is 0.375. The van der Waals surface area contributed by atoms with Gasteiger partial charge in [-0.05, 0) is 43.5 Å². The molecule has 0 aliphatic heterocycles. The molecular formula is C16H23N5O2S. The number of anilines is 2. The number of hydrogen-bond donors (Lipinski definition) is 3. The van der Waals surface area contributed by atoms with Gasteiger partial charge in [0, 0.05) is 18.8 Å². The number of nitrogens with zero attached hydrogens (tertiary/aromatic N) is 2. The summed E-state index contributed by atoms with van der Waals surface area (Å²) in [5.41, 5.74) is 1.00. The summed E-state index contributed by atoms with van der Waals surface area (Å²) in [6.07, 6.45) is 3.44. The molecular weight excluding hydrogens is 326 g/mol. The van der Waals surface area contributed by atoms with Crippen LogP contribution in [0, 0.1) is 0 Å². The lowest BCUT2D eigenvalue weighted by atomic mass is 10.1. The highest BCUT2D eigenvalue weighted by molar-refractivity contribution is 7.89. The van der Waals surface area contributed by atoms with E-state index in [-0.39, 0.29) is 4.90 Å². The Morgan fingerprint density at radius 3 is 2.54 bits per heavy atom. The monoisotopic (exact) mass is 349 g/mol. The second kappa shape index (κ2) is 8.07. The molecule has 4 N–H and O–H groups in total. The molecule has 2 rings (SSSR count). The topological polar surface area (TPSA) is 110 Å². The summed E-state index contributed by atoms with van der Waals surface area (Å²) in [5, 5.41) is 11.5. The van der Waals surface area contributed by atoms with Crippen LogP contribution in [0.4, 0.5) is 11.8 Å². The van der Waals surface area contributed by atoms with Gasteiger partial charge in [-0.1, -0.05) is 19.1 Å². The van der Waals surface area contributed by atoms with E-state index in [2.05, 4.69) is 34.4 Å². The highest BCUT2D eigenvalue weighted by atomic mass is 32.2. The maximum atomic E-state index is 11.2. The molecule has 2 aromatic rings. The second-order valence-electron chi connectivity index (χ2n) is 5.58. The Hall–Kier alpha value is -2.19. The molecule has 0 spiro atoms. The van der Waals surface area contributed by atoms with E-state index in [4.69, 9.17) is 5.14 Å². The average molecular weight is 349 g/mol. The van der Waals surface area contributed by atoms with Crippen LogP contribution in [0.3, 0.4) is 0 Å². The van der Waals surface area contributed by atoms with Gasteiger partial charge in [0.25, 0.3) is 0 Å². The van der Waals surface area contributed by atoms with Crippen molar-refractivity contribution in [3.8, 4) is 0 Å². The van der Waals surface area contributed by atoms with Crippen LogP contribution in [0.25, 0.3) is 0 Å². The average Bonchev–Trinajstić information content (AvgIpc) is 2.55. The number of hydrogen-bond acceptors (Lipinski definition) is 6. The number of aromatic nitrogens is 2. The third-order valence-electron chi connectivity index (χ3n) is 3.61. The van der Waals surface area contributed by atoms with Gasteiger partial charge < -0.3 is 10.6 Å². The van der Waals surface area contributed by atoms with E-state index >= 15 is 0 Å². The van der Waals surface area contributed by atoms with Gasteiger partial charge in [0.15, 0.2) is 0 Å². The van der Waals surface area contributed by atoms with Crippen molar-refractivity contribution in [1.82, 2.24) is 9.97 Å². The molecule has 0 bridgehead atoms. The van der Waals surface area contributed by atoms with Gasteiger partial charge in [0.05, 0.1) is 4.90 Å². The van der Waals surface area contributed by atoms with Crippen LogP contribution in [0.1, 0.15) is 25.8 Å². The van der Waals surface area contributed by atoms with E-state index in [1.807, 2.05) is 6.07 Å². The molecule has 0 saturated heterocycles. The van der Waals surface area contributed by atoms with Crippen molar-refractivity contribution in [3.05, 3.63) is 42.1 Å². The van der Waals surface area contributed by atoms with Crippen molar-refractivity contribution in [3.63, 3.8) is 0 Å². The summed E-state index contributed by atoms with van der Waals surface area (Å²) >= 11 is 0. The quantitative estimate of drug-likeness (QED) is 0.672. The lowest BCUT2D eigenvalue weighted by Crippen LogP contribution is -2.15. The number of sulfonamides is 1. The second-order valence-corrected chi connectivity index (χ2v) is 7.15. The largest absolute Gasteiger partial charge is 0.367 e. The van der Waals surface area contributed by atoms with Crippen molar-refractivity contribution < 1.29 is 8.42 Å². The molecule has 0 radical (unpaired) electrons. The molecule has 1 aromatic heterocycles. The summed E-state index contributed by atoms with van der Waals surface area (Å²) in [5.74, 6) is 1.35. The molecule has 130 valence electrons. The van der Waals surface area contributed by atoms with Crippen LogP contribution in [-0.4, -0.2) is 31.0 Å². The molecule has 0 aliphatic carbocycles. The Balaban J connectivity index is 1.89. The fourth-order valence-electron chi connectivity index (χ4n) is 2.04. The van der Waals surface area contributed by atoms with Crippen molar-refractivity contribution in [2.24, 2.45) is 5.14 Å². The summed E-state index contributed by atoms with van der Waals surface area (Å²) in [7, 11) is -3.64. The van der Waals surface area contributed by atoms with Gasteiger partial charge in [-0.25, -0.2) is 18.5 Å². The Morgan fingerprint density at radius 1 is 1.21 bits per heavy atom. The summed E-state index contributed by atoms with van der Waals surface area (Å²) < 4.78 is 22.4. The minimum absolute atomic E-state index is 0.117. The third-order valence-corrected chi connectivity index (χ3v) is 4.54. The number of nitrogens with one attached hydrogen (secondary N) is 2. The van der Waals surface area contributed by atoms with E-state index in [1.54, 1.807) is 18.3 Å². The van der Waals surface area contributed by atoms with Crippen LogP contribution >= 0.6 is 0 Å². The molecule has 0 fully saturated rings. The van der Waals surface area contributed by atoms with Gasteiger partial charge in [0.2, 0.25) is 16.0 Å². The van der Waals surface area contributed by atoms with E-state index in [0.29, 0.717) is 18.5 Å². The number of nitrogens with two attached hydrogens (primary N) is 1. The SMILES string of the molecule is CCC(C)Nc1ccnc(NCCc2ccc(S(N)(=O)=O)cc2)n1. The molecule has 1 heterocycles. The Kier molecular flexibility index (Phi) is 6.10. The molecule has 8 heteroatoms. The zero-order chi connectivity index (χ0) is 17.6. The Morgan fingerprint density at radius 2 is 1.92 bits per heavy atom. The van der Waals surface area contributed by atoms with Gasteiger partial charge in [-0.2, -0.15) is 4.98 Å². The first-order valence-corrected chi connectivity index (χ1v) is 9.38. The molecule has 1 unspecified atom stereocenters. The predicted octanol–water partition coefficient (Wildman–Crippen LogP) is 1.99.